The molecule has 0 unspecified atom stereocenters. The van der Waals surface area contributed by atoms with Crippen LogP contribution in [0.2, 0.25) is 5.02 Å². The van der Waals surface area contributed by atoms with Crippen LogP contribution in [-0.2, 0) is 0 Å². The molecule has 6 heteroatoms. The van der Waals surface area contributed by atoms with Gasteiger partial charge < -0.3 is 10.4 Å². The first kappa shape index (κ1) is 22.5. The SMILES string of the molecule is Cc1cc2nc(C(=O)N[C@H]3CCC[C@@H]3O)cc(-c3ccccc3Cl)c2c(C)c1-c1ccncc1. The fourth-order valence-electron chi connectivity index (χ4n) is 5.08. The van der Waals surface area contributed by atoms with Crippen molar-refractivity contribution in [2.24, 2.45) is 0 Å². The Kier molecular flexibility index (Phi) is 6.07. The van der Waals surface area contributed by atoms with Crippen molar-refractivity contribution < 1.29 is 9.90 Å². The largest absolute Gasteiger partial charge is 0.391 e. The zero-order chi connectivity index (χ0) is 23.8. The Balaban J connectivity index is 1.73. The van der Waals surface area contributed by atoms with E-state index in [2.05, 4.69) is 24.1 Å². The molecule has 0 spiro atoms. The van der Waals surface area contributed by atoms with E-state index >= 15 is 0 Å². The molecule has 2 aromatic heterocycles. The monoisotopic (exact) mass is 471 g/mol. The number of aromatic nitrogens is 2. The Morgan fingerprint density at radius 1 is 1.06 bits per heavy atom. The summed E-state index contributed by atoms with van der Waals surface area (Å²) in [6.45, 7) is 4.14. The molecule has 2 heterocycles. The molecule has 1 amide bonds. The maximum Gasteiger partial charge on any atom is 0.270 e. The van der Waals surface area contributed by atoms with Gasteiger partial charge in [0.05, 0.1) is 17.7 Å². The van der Waals surface area contributed by atoms with Crippen molar-refractivity contribution in [1.82, 2.24) is 15.3 Å². The van der Waals surface area contributed by atoms with E-state index in [1.807, 2.05) is 48.5 Å². The number of hydrogen-bond donors (Lipinski definition) is 2. The van der Waals surface area contributed by atoms with Crippen LogP contribution in [0.15, 0.2) is 60.9 Å². The Bertz CT molecular complexity index is 1390. The molecular weight excluding hydrogens is 446 g/mol. The molecule has 0 saturated heterocycles. The number of pyridine rings is 2. The number of nitrogens with one attached hydrogen (secondary N) is 1. The van der Waals surface area contributed by atoms with Gasteiger partial charge in [-0.15, -0.1) is 0 Å². The molecule has 0 bridgehead atoms. The highest BCUT2D eigenvalue weighted by Gasteiger charge is 2.28. The van der Waals surface area contributed by atoms with E-state index in [0.717, 1.165) is 57.1 Å². The third-order valence-electron chi connectivity index (χ3n) is 6.71. The molecule has 34 heavy (non-hydrogen) atoms. The second kappa shape index (κ2) is 9.16. The number of aliphatic hydroxyl groups excluding tert-OH is 1. The topological polar surface area (TPSA) is 75.1 Å². The quantitative estimate of drug-likeness (QED) is 0.390. The van der Waals surface area contributed by atoms with E-state index in [1.165, 1.54) is 0 Å². The molecule has 2 atom stereocenters. The van der Waals surface area contributed by atoms with E-state index in [4.69, 9.17) is 16.6 Å². The predicted octanol–water partition coefficient (Wildman–Crippen LogP) is 5.88. The first-order valence-electron chi connectivity index (χ1n) is 11.5. The van der Waals surface area contributed by atoms with Gasteiger partial charge in [0.2, 0.25) is 0 Å². The average Bonchev–Trinajstić information content (AvgIpc) is 3.23. The fraction of sp³-hybridized carbons (Fsp3) is 0.250. The zero-order valence-corrected chi connectivity index (χ0v) is 19.9. The van der Waals surface area contributed by atoms with Crippen LogP contribution in [-0.4, -0.2) is 33.1 Å². The molecular formula is C28H26ClN3O2. The number of hydrogen-bond acceptors (Lipinski definition) is 4. The Morgan fingerprint density at radius 3 is 2.53 bits per heavy atom. The number of carbonyl (C=O) groups is 1. The summed E-state index contributed by atoms with van der Waals surface area (Å²) in [4.78, 5) is 22.1. The molecule has 0 radical (unpaired) electrons. The highest BCUT2D eigenvalue weighted by Crippen LogP contribution is 2.40. The van der Waals surface area contributed by atoms with Crippen LogP contribution in [0.4, 0.5) is 0 Å². The van der Waals surface area contributed by atoms with Crippen LogP contribution < -0.4 is 5.32 Å². The first-order chi connectivity index (χ1) is 16.4. The number of amides is 1. The van der Waals surface area contributed by atoms with Crippen molar-refractivity contribution in [3.05, 3.63) is 82.8 Å². The summed E-state index contributed by atoms with van der Waals surface area (Å²) < 4.78 is 0. The normalized spacial score (nSPS) is 17.8. The molecule has 5 nitrogen and oxygen atoms in total. The van der Waals surface area contributed by atoms with Crippen molar-refractivity contribution in [2.45, 2.75) is 45.3 Å². The summed E-state index contributed by atoms with van der Waals surface area (Å²) in [5, 5.41) is 14.7. The Hall–Kier alpha value is -3.28. The van der Waals surface area contributed by atoms with E-state index in [-0.39, 0.29) is 11.9 Å². The smallest absolute Gasteiger partial charge is 0.270 e. The minimum absolute atomic E-state index is 0.244. The van der Waals surface area contributed by atoms with Crippen LogP contribution in [0.5, 0.6) is 0 Å². The van der Waals surface area contributed by atoms with Crippen LogP contribution in [0.3, 0.4) is 0 Å². The van der Waals surface area contributed by atoms with Crippen LogP contribution >= 0.6 is 11.6 Å². The molecule has 1 aliphatic carbocycles. The summed E-state index contributed by atoms with van der Waals surface area (Å²) >= 11 is 6.63. The fourth-order valence-corrected chi connectivity index (χ4v) is 5.32. The lowest BCUT2D eigenvalue weighted by Gasteiger charge is -2.19. The van der Waals surface area contributed by atoms with E-state index in [1.54, 1.807) is 12.4 Å². The number of carbonyl (C=O) groups excluding carboxylic acids is 1. The lowest BCUT2D eigenvalue weighted by atomic mass is 9.89. The van der Waals surface area contributed by atoms with Gasteiger partial charge in [0.15, 0.2) is 0 Å². The molecule has 0 aliphatic heterocycles. The predicted molar refractivity (Wildman–Crippen MR) is 136 cm³/mol. The summed E-state index contributed by atoms with van der Waals surface area (Å²) in [6.07, 6.45) is 5.44. The van der Waals surface area contributed by atoms with Crippen LogP contribution in [0, 0.1) is 13.8 Å². The lowest BCUT2D eigenvalue weighted by molar-refractivity contribution is 0.0869. The minimum atomic E-state index is -0.514. The van der Waals surface area contributed by atoms with Gasteiger partial charge in [-0.1, -0.05) is 29.8 Å². The van der Waals surface area contributed by atoms with Crippen LogP contribution in [0.25, 0.3) is 33.2 Å². The van der Waals surface area contributed by atoms with Crippen molar-refractivity contribution in [3.63, 3.8) is 0 Å². The molecule has 1 fully saturated rings. The molecule has 2 N–H and O–H groups in total. The van der Waals surface area contributed by atoms with E-state index in [0.29, 0.717) is 17.1 Å². The van der Waals surface area contributed by atoms with Gasteiger partial charge >= 0.3 is 0 Å². The number of rotatable bonds is 4. The first-order valence-corrected chi connectivity index (χ1v) is 11.9. The number of fused-ring (bicyclic) bond motifs is 1. The van der Waals surface area contributed by atoms with Gasteiger partial charge in [-0.05, 0) is 91.3 Å². The zero-order valence-electron chi connectivity index (χ0n) is 19.2. The summed E-state index contributed by atoms with van der Waals surface area (Å²) in [5.74, 6) is -0.283. The van der Waals surface area contributed by atoms with Gasteiger partial charge in [0, 0.05) is 28.4 Å². The van der Waals surface area contributed by atoms with Gasteiger partial charge in [-0.25, -0.2) is 4.98 Å². The van der Waals surface area contributed by atoms with Crippen molar-refractivity contribution >= 4 is 28.4 Å². The molecule has 5 rings (SSSR count). The third-order valence-corrected chi connectivity index (χ3v) is 7.04. The standard InChI is InChI=1S/C28H26ClN3O2/c1-16-14-23-27(17(2)26(16)18-10-12-30-13-11-18)20(19-6-3-4-7-21(19)29)15-24(31-23)28(34)32-22-8-5-9-25(22)33/h3-4,6-7,10-15,22,25,33H,5,8-9H2,1-2H3,(H,32,34)/t22-,25-/m0/s1. The number of aryl methyl sites for hydroxylation is 2. The lowest BCUT2D eigenvalue weighted by Crippen LogP contribution is -2.40. The number of nitrogens with zero attached hydrogens (tertiary/aromatic N) is 2. The highest BCUT2D eigenvalue weighted by atomic mass is 35.5. The van der Waals surface area contributed by atoms with E-state index in [9.17, 15) is 9.90 Å². The molecule has 4 aromatic rings. The summed E-state index contributed by atoms with van der Waals surface area (Å²) in [7, 11) is 0. The van der Waals surface area contributed by atoms with Gasteiger partial charge in [-0.3, -0.25) is 9.78 Å². The van der Waals surface area contributed by atoms with Gasteiger partial charge in [0.25, 0.3) is 5.91 Å². The third kappa shape index (κ3) is 4.06. The maximum absolute atomic E-state index is 13.2. The number of halogens is 1. The van der Waals surface area contributed by atoms with Crippen molar-refractivity contribution in [1.29, 1.82) is 0 Å². The van der Waals surface area contributed by atoms with Crippen molar-refractivity contribution in [2.75, 3.05) is 0 Å². The molecule has 2 aromatic carbocycles. The Morgan fingerprint density at radius 2 is 1.82 bits per heavy atom. The number of aliphatic hydroxyl groups is 1. The van der Waals surface area contributed by atoms with Gasteiger partial charge in [-0.2, -0.15) is 0 Å². The minimum Gasteiger partial charge on any atom is -0.391 e. The highest BCUT2D eigenvalue weighted by molar-refractivity contribution is 6.33. The number of benzene rings is 2. The van der Waals surface area contributed by atoms with Gasteiger partial charge in [0.1, 0.15) is 5.69 Å². The molecule has 1 saturated carbocycles. The maximum atomic E-state index is 13.2. The molecule has 1 aliphatic rings. The summed E-state index contributed by atoms with van der Waals surface area (Å²) in [6, 6.07) is 15.2. The Labute approximate surface area is 203 Å². The molecule has 172 valence electrons. The average molecular weight is 472 g/mol. The van der Waals surface area contributed by atoms with E-state index < -0.39 is 6.10 Å². The van der Waals surface area contributed by atoms with Crippen molar-refractivity contribution in [3.8, 4) is 22.3 Å². The summed E-state index contributed by atoms with van der Waals surface area (Å²) in [5.41, 5.74) is 7.10. The second-order valence-corrected chi connectivity index (χ2v) is 9.34. The second-order valence-electron chi connectivity index (χ2n) is 8.94. The van der Waals surface area contributed by atoms with Crippen LogP contribution in [0.1, 0.15) is 40.9 Å².